The number of aliphatic carboxylic acids is 1. The summed E-state index contributed by atoms with van der Waals surface area (Å²) in [4.78, 5) is 34.6. The third-order valence-corrected chi connectivity index (χ3v) is 3.31. The van der Waals surface area contributed by atoms with E-state index >= 15 is 0 Å². The third kappa shape index (κ3) is 5.94. The van der Waals surface area contributed by atoms with Gasteiger partial charge in [-0.15, -0.1) is 0 Å². The lowest BCUT2D eigenvalue weighted by atomic mass is 9.98. The number of hydrogen-bond acceptors (Lipinski definition) is 4. The highest BCUT2D eigenvalue weighted by Gasteiger charge is 2.28. The molecule has 0 bridgehead atoms. The predicted molar refractivity (Wildman–Crippen MR) is 80.0 cm³/mol. The minimum Gasteiger partial charge on any atom is -0.480 e. The van der Waals surface area contributed by atoms with Gasteiger partial charge >= 0.3 is 11.9 Å². The molecule has 6 nitrogen and oxygen atoms in total. The van der Waals surface area contributed by atoms with Gasteiger partial charge in [0, 0.05) is 6.07 Å². The van der Waals surface area contributed by atoms with Crippen LogP contribution in [0.3, 0.4) is 0 Å². The van der Waals surface area contributed by atoms with E-state index in [0.29, 0.717) is 6.07 Å². The van der Waals surface area contributed by atoms with Crippen molar-refractivity contribution in [3.8, 4) is 0 Å². The van der Waals surface area contributed by atoms with Crippen molar-refractivity contribution in [1.29, 1.82) is 0 Å². The summed E-state index contributed by atoms with van der Waals surface area (Å²) < 4.78 is 31.1. The van der Waals surface area contributed by atoms with Gasteiger partial charge in [0.15, 0.2) is 0 Å². The number of rotatable bonds is 8. The number of carbonyl (C=O) groups is 3. The second-order valence-corrected chi connectivity index (χ2v) is 5.28. The first-order valence-electron chi connectivity index (χ1n) is 7.36. The largest absolute Gasteiger partial charge is 0.480 e. The van der Waals surface area contributed by atoms with Crippen LogP contribution in [-0.2, 0) is 25.5 Å². The van der Waals surface area contributed by atoms with Crippen molar-refractivity contribution in [3.05, 3.63) is 35.4 Å². The summed E-state index contributed by atoms with van der Waals surface area (Å²) in [7, 11) is 0. The molecule has 132 valence electrons. The Morgan fingerprint density at radius 1 is 1.29 bits per heavy atom. The summed E-state index contributed by atoms with van der Waals surface area (Å²) in [5, 5.41) is 11.4. The van der Waals surface area contributed by atoms with Crippen molar-refractivity contribution in [2.24, 2.45) is 5.92 Å². The first kappa shape index (κ1) is 19.5. The van der Waals surface area contributed by atoms with Crippen LogP contribution in [0.4, 0.5) is 8.78 Å². The van der Waals surface area contributed by atoms with Crippen LogP contribution >= 0.6 is 0 Å². The average molecular weight is 343 g/mol. The number of benzene rings is 1. The molecule has 0 aliphatic rings. The van der Waals surface area contributed by atoms with Gasteiger partial charge in [0.2, 0.25) is 5.91 Å². The first-order valence-corrected chi connectivity index (χ1v) is 7.36. The fourth-order valence-electron chi connectivity index (χ4n) is 2.11. The second kappa shape index (κ2) is 8.95. The van der Waals surface area contributed by atoms with E-state index in [2.05, 4.69) is 5.32 Å². The SMILES string of the molecule is CCOC(=O)C[C@@H](C)[C@@H](NC(=O)Cc1ccc(F)cc1F)C(=O)O. The Morgan fingerprint density at radius 2 is 1.96 bits per heavy atom. The molecule has 0 saturated carbocycles. The quantitative estimate of drug-likeness (QED) is 0.701. The molecule has 0 radical (unpaired) electrons. The highest BCUT2D eigenvalue weighted by Crippen LogP contribution is 2.13. The highest BCUT2D eigenvalue weighted by atomic mass is 19.1. The molecule has 1 amide bonds. The van der Waals surface area contributed by atoms with Gasteiger partial charge in [0.25, 0.3) is 0 Å². The number of esters is 1. The van der Waals surface area contributed by atoms with Crippen LogP contribution in [0.25, 0.3) is 0 Å². The molecule has 2 N–H and O–H groups in total. The lowest BCUT2D eigenvalue weighted by molar-refractivity contribution is -0.147. The number of hydrogen-bond donors (Lipinski definition) is 2. The minimum atomic E-state index is -1.33. The zero-order valence-corrected chi connectivity index (χ0v) is 13.3. The van der Waals surface area contributed by atoms with Crippen LogP contribution in [0.5, 0.6) is 0 Å². The Kier molecular flexibility index (Phi) is 7.29. The number of amides is 1. The molecule has 1 aromatic rings. The Balaban J connectivity index is 2.72. The van der Waals surface area contributed by atoms with Crippen molar-refractivity contribution in [1.82, 2.24) is 5.32 Å². The Hall–Kier alpha value is -2.51. The van der Waals surface area contributed by atoms with Crippen molar-refractivity contribution in [2.45, 2.75) is 32.7 Å². The van der Waals surface area contributed by atoms with E-state index in [0.717, 1.165) is 12.1 Å². The third-order valence-electron chi connectivity index (χ3n) is 3.31. The van der Waals surface area contributed by atoms with Crippen molar-refractivity contribution in [3.63, 3.8) is 0 Å². The average Bonchev–Trinajstić information content (AvgIpc) is 2.47. The monoisotopic (exact) mass is 343 g/mol. The van der Waals surface area contributed by atoms with E-state index in [1.807, 2.05) is 0 Å². The highest BCUT2D eigenvalue weighted by molar-refractivity contribution is 5.85. The summed E-state index contributed by atoms with van der Waals surface area (Å²) in [5.41, 5.74) is -0.0592. The number of carbonyl (C=O) groups excluding carboxylic acids is 2. The molecule has 1 rings (SSSR count). The molecule has 0 saturated heterocycles. The summed E-state index contributed by atoms with van der Waals surface area (Å²) in [6.07, 6.45) is -0.627. The molecule has 0 heterocycles. The number of carboxylic acid groups (broad SMARTS) is 1. The molecule has 0 unspecified atom stereocenters. The van der Waals surface area contributed by atoms with Gasteiger partial charge in [0.05, 0.1) is 19.4 Å². The summed E-state index contributed by atoms with van der Waals surface area (Å²) in [5.74, 6) is -5.03. The molecule has 0 fully saturated rings. The molecule has 2 atom stereocenters. The van der Waals surface area contributed by atoms with Crippen molar-refractivity contribution < 1.29 is 33.0 Å². The first-order chi connectivity index (χ1) is 11.2. The van der Waals surface area contributed by atoms with E-state index < -0.39 is 47.9 Å². The van der Waals surface area contributed by atoms with Gasteiger partial charge in [-0.05, 0) is 24.5 Å². The summed E-state index contributed by atoms with van der Waals surface area (Å²) >= 11 is 0. The zero-order valence-electron chi connectivity index (χ0n) is 13.3. The maximum Gasteiger partial charge on any atom is 0.326 e. The number of halogens is 2. The Labute approximate surface area is 137 Å². The van der Waals surface area contributed by atoms with Crippen molar-refractivity contribution in [2.75, 3.05) is 6.61 Å². The molecule has 0 spiro atoms. The maximum absolute atomic E-state index is 13.5. The number of ether oxygens (including phenoxy) is 1. The van der Waals surface area contributed by atoms with Crippen LogP contribution < -0.4 is 5.32 Å². The van der Waals surface area contributed by atoms with Gasteiger partial charge in [-0.3, -0.25) is 9.59 Å². The van der Waals surface area contributed by atoms with E-state index in [-0.39, 0.29) is 18.6 Å². The molecular formula is C16H19F2NO5. The van der Waals surface area contributed by atoms with Gasteiger partial charge in [-0.1, -0.05) is 13.0 Å². The molecule has 24 heavy (non-hydrogen) atoms. The minimum absolute atomic E-state index is 0.0592. The van der Waals surface area contributed by atoms with Crippen molar-refractivity contribution >= 4 is 17.8 Å². The van der Waals surface area contributed by atoms with Crippen LogP contribution in [0.1, 0.15) is 25.8 Å². The maximum atomic E-state index is 13.5. The number of nitrogens with one attached hydrogen (secondary N) is 1. The lowest BCUT2D eigenvalue weighted by Gasteiger charge is -2.20. The summed E-state index contributed by atoms with van der Waals surface area (Å²) in [6, 6.07) is 1.43. The lowest BCUT2D eigenvalue weighted by Crippen LogP contribution is -2.46. The standard InChI is InChI=1S/C16H19F2NO5/c1-3-24-14(21)6-9(2)15(16(22)23)19-13(20)7-10-4-5-11(17)8-12(10)18/h4-5,8-9,15H,3,6-7H2,1-2H3,(H,19,20)(H,22,23)/t9-,15-/m1/s1. The van der Waals surface area contributed by atoms with E-state index in [4.69, 9.17) is 4.74 Å². The van der Waals surface area contributed by atoms with Gasteiger partial charge in [-0.2, -0.15) is 0 Å². The van der Waals surface area contributed by atoms with Crippen LogP contribution in [0.15, 0.2) is 18.2 Å². The van der Waals surface area contributed by atoms with Crippen LogP contribution in [0, 0.1) is 17.6 Å². The molecule has 1 aromatic carbocycles. The van der Waals surface area contributed by atoms with E-state index in [1.165, 1.54) is 6.92 Å². The summed E-state index contributed by atoms with van der Waals surface area (Å²) in [6.45, 7) is 3.27. The molecule has 8 heteroatoms. The van der Waals surface area contributed by atoms with Crippen LogP contribution in [-0.4, -0.2) is 35.6 Å². The molecular weight excluding hydrogens is 324 g/mol. The van der Waals surface area contributed by atoms with E-state index in [1.54, 1.807) is 6.92 Å². The van der Waals surface area contributed by atoms with Gasteiger partial charge in [0.1, 0.15) is 17.7 Å². The topological polar surface area (TPSA) is 92.7 Å². The van der Waals surface area contributed by atoms with Gasteiger partial charge < -0.3 is 15.2 Å². The fourth-order valence-corrected chi connectivity index (χ4v) is 2.11. The predicted octanol–water partition coefficient (Wildman–Crippen LogP) is 1.67. The Morgan fingerprint density at radius 3 is 2.50 bits per heavy atom. The Bertz CT molecular complexity index is 620. The molecule has 0 aromatic heterocycles. The fraction of sp³-hybridized carbons (Fsp3) is 0.438. The van der Waals surface area contributed by atoms with E-state index in [9.17, 15) is 28.3 Å². The zero-order chi connectivity index (χ0) is 18.3. The smallest absolute Gasteiger partial charge is 0.326 e. The second-order valence-electron chi connectivity index (χ2n) is 5.28. The number of carboxylic acids is 1. The molecule has 0 aliphatic heterocycles. The van der Waals surface area contributed by atoms with Crippen LogP contribution in [0.2, 0.25) is 0 Å². The van der Waals surface area contributed by atoms with Gasteiger partial charge in [-0.25, -0.2) is 13.6 Å². The normalized spacial score (nSPS) is 13.0. The molecule has 0 aliphatic carbocycles.